The van der Waals surface area contributed by atoms with Gasteiger partial charge in [0, 0.05) is 4.88 Å². The van der Waals surface area contributed by atoms with Gasteiger partial charge >= 0.3 is 0 Å². The van der Waals surface area contributed by atoms with Crippen molar-refractivity contribution < 1.29 is 0 Å². The molecule has 0 unspecified atom stereocenters. The smallest absolute Gasteiger partial charge is 0.0311 e. The zero-order chi connectivity index (χ0) is 11.7. The fourth-order valence-corrected chi connectivity index (χ4v) is 2.73. The Kier molecular flexibility index (Phi) is 2.97. The second-order valence-corrected chi connectivity index (χ2v) is 5.20. The number of hydrogen-bond donors (Lipinski definition) is 0. The van der Waals surface area contributed by atoms with Crippen molar-refractivity contribution in [3.05, 3.63) is 58.3 Å². The molecule has 0 saturated heterocycles. The third-order valence-electron chi connectivity index (χ3n) is 2.77. The molecule has 0 spiro atoms. The average molecular weight is 228 g/mol. The summed E-state index contributed by atoms with van der Waals surface area (Å²) in [6.45, 7) is 12.0. The Bertz CT molecular complexity index is 509. The van der Waals surface area contributed by atoms with Gasteiger partial charge in [-0.05, 0) is 48.4 Å². The van der Waals surface area contributed by atoms with Crippen LogP contribution in [-0.4, -0.2) is 0 Å². The molecule has 0 atom stereocenters. The van der Waals surface area contributed by atoms with E-state index < -0.39 is 0 Å². The molecule has 1 aliphatic carbocycles. The Morgan fingerprint density at radius 1 is 1.25 bits per heavy atom. The predicted molar refractivity (Wildman–Crippen MR) is 74.5 cm³/mol. The first-order valence-corrected chi connectivity index (χ1v) is 6.27. The van der Waals surface area contributed by atoms with Crippen LogP contribution in [0.1, 0.15) is 30.7 Å². The molecule has 1 heteroatoms. The molecule has 2 rings (SSSR count). The van der Waals surface area contributed by atoms with E-state index in [0.29, 0.717) is 0 Å². The van der Waals surface area contributed by atoms with Gasteiger partial charge in [-0.1, -0.05) is 36.5 Å². The highest BCUT2D eigenvalue weighted by Crippen LogP contribution is 2.34. The minimum atomic E-state index is 1.03. The van der Waals surface area contributed by atoms with Crippen molar-refractivity contribution in [1.29, 1.82) is 0 Å². The fourth-order valence-electron chi connectivity index (χ4n) is 1.72. The lowest BCUT2D eigenvalue weighted by Gasteiger charge is -1.96. The highest BCUT2D eigenvalue weighted by Gasteiger charge is 2.11. The summed E-state index contributed by atoms with van der Waals surface area (Å²) in [5.74, 6) is 0. The molecule has 1 aliphatic rings. The molecule has 0 nitrogen and oxygen atoms in total. The molecule has 1 heterocycles. The normalized spacial score (nSPS) is 14.6. The van der Waals surface area contributed by atoms with E-state index in [1.165, 1.54) is 21.6 Å². The van der Waals surface area contributed by atoms with Crippen molar-refractivity contribution >= 4 is 22.5 Å². The maximum absolute atomic E-state index is 3.98. The van der Waals surface area contributed by atoms with Crippen molar-refractivity contribution in [2.45, 2.75) is 20.3 Å². The fraction of sp³-hybridized carbons (Fsp3) is 0.200. The molecule has 0 aromatic carbocycles. The van der Waals surface area contributed by atoms with E-state index in [0.717, 1.165) is 17.6 Å². The van der Waals surface area contributed by atoms with Gasteiger partial charge in [-0.15, -0.1) is 11.3 Å². The average Bonchev–Trinajstić information content (AvgIpc) is 2.86. The molecule has 0 aliphatic heterocycles. The standard InChI is InChI=1S/C15H16S/c1-10(2)12-5-6-13(7-12)15-8-14(9-16-15)11(3)4/h5,7-9H,1,3,6H2,2,4H3. The number of hydrogen-bond acceptors (Lipinski definition) is 1. The Morgan fingerprint density at radius 2 is 2.00 bits per heavy atom. The van der Waals surface area contributed by atoms with Crippen LogP contribution in [0.25, 0.3) is 11.1 Å². The van der Waals surface area contributed by atoms with Gasteiger partial charge in [0.2, 0.25) is 0 Å². The van der Waals surface area contributed by atoms with Gasteiger partial charge in [-0.3, -0.25) is 0 Å². The Morgan fingerprint density at radius 3 is 2.50 bits per heavy atom. The molecule has 0 amide bonds. The summed E-state index contributed by atoms with van der Waals surface area (Å²) in [5.41, 5.74) is 6.21. The SMILES string of the molecule is C=C(C)C1=CCC(c2cc(C(=C)C)cs2)=C1. The van der Waals surface area contributed by atoms with Crippen LogP contribution in [0, 0.1) is 0 Å². The first-order chi connectivity index (χ1) is 7.58. The molecule has 0 radical (unpaired) electrons. The Hall–Kier alpha value is -1.34. The first kappa shape index (κ1) is 11.2. The highest BCUT2D eigenvalue weighted by atomic mass is 32.1. The van der Waals surface area contributed by atoms with Crippen LogP contribution in [0.3, 0.4) is 0 Å². The second kappa shape index (κ2) is 4.26. The van der Waals surface area contributed by atoms with Crippen LogP contribution in [0.2, 0.25) is 0 Å². The lowest BCUT2D eigenvalue weighted by molar-refractivity contribution is 1.42. The van der Waals surface area contributed by atoms with E-state index in [-0.39, 0.29) is 0 Å². The van der Waals surface area contributed by atoms with Gasteiger partial charge in [0.05, 0.1) is 0 Å². The number of rotatable bonds is 3. The summed E-state index contributed by atoms with van der Waals surface area (Å²) < 4.78 is 0. The Labute approximate surface area is 101 Å². The van der Waals surface area contributed by atoms with Crippen molar-refractivity contribution in [1.82, 2.24) is 0 Å². The largest absolute Gasteiger partial charge is 0.144 e. The zero-order valence-electron chi connectivity index (χ0n) is 9.84. The van der Waals surface area contributed by atoms with Crippen LogP contribution in [0.5, 0.6) is 0 Å². The molecule has 16 heavy (non-hydrogen) atoms. The first-order valence-electron chi connectivity index (χ1n) is 5.39. The minimum absolute atomic E-state index is 1.03. The second-order valence-electron chi connectivity index (χ2n) is 4.29. The summed E-state index contributed by atoms with van der Waals surface area (Å²) in [6, 6.07) is 2.23. The molecule has 0 saturated carbocycles. The van der Waals surface area contributed by atoms with E-state index in [1.807, 2.05) is 6.92 Å². The van der Waals surface area contributed by atoms with Crippen molar-refractivity contribution in [3.63, 3.8) is 0 Å². The maximum Gasteiger partial charge on any atom is 0.0311 e. The van der Waals surface area contributed by atoms with Crippen LogP contribution in [-0.2, 0) is 0 Å². The summed E-state index contributed by atoms with van der Waals surface area (Å²) in [4.78, 5) is 1.35. The highest BCUT2D eigenvalue weighted by molar-refractivity contribution is 7.11. The third-order valence-corrected chi connectivity index (χ3v) is 3.78. The minimum Gasteiger partial charge on any atom is -0.144 e. The third kappa shape index (κ3) is 2.10. The molecule has 0 fully saturated rings. The van der Waals surface area contributed by atoms with Gasteiger partial charge in [0.1, 0.15) is 0 Å². The van der Waals surface area contributed by atoms with E-state index in [2.05, 4.69) is 43.7 Å². The van der Waals surface area contributed by atoms with E-state index >= 15 is 0 Å². The summed E-state index contributed by atoms with van der Waals surface area (Å²) >= 11 is 1.80. The lowest BCUT2D eigenvalue weighted by atomic mass is 10.1. The van der Waals surface area contributed by atoms with Crippen LogP contribution in [0.4, 0.5) is 0 Å². The monoisotopic (exact) mass is 228 g/mol. The summed E-state index contributed by atoms with van der Waals surface area (Å²) in [6.07, 6.45) is 5.52. The van der Waals surface area contributed by atoms with Gasteiger partial charge in [-0.25, -0.2) is 0 Å². The van der Waals surface area contributed by atoms with E-state index in [1.54, 1.807) is 11.3 Å². The van der Waals surface area contributed by atoms with Crippen molar-refractivity contribution in [2.75, 3.05) is 0 Å². The summed E-state index contributed by atoms with van der Waals surface area (Å²) in [5, 5.41) is 2.18. The van der Waals surface area contributed by atoms with Gasteiger partial charge in [0.15, 0.2) is 0 Å². The number of allylic oxidation sites excluding steroid dienone is 6. The molecular weight excluding hydrogens is 212 g/mol. The maximum atomic E-state index is 3.98. The van der Waals surface area contributed by atoms with Gasteiger partial charge < -0.3 is 0 Å². The molecule has 1 aromatic rings. The quantitative estimate of drug-likeness (QED) is 0.677. The lowest BCUT2D eigenvalue weighted by Crippen LogP contribution is -1.75. The van der Waals surface area contributed by atoms with E-state index in [9.17, 15) is 0 Å². The molecule has 1 aromatic heterocycles. The van der Waals surface area contributed by atoms with E-state index in [4.69, 9.17) is 0 Å². The molecule has 0 N–H and O–H groups in total. The van der Waals surface area contributed by atoms with Crippen LogP contribution < -0.4 is 0 Å². The predicted octanol–water partition coefficient (Wildman–Crippen LogP) is 5.07. The van der Waals surface area contributed by atoms with Crippen LogP contribution in [0.15, 0.2) is 47.9 Å². The van der Waals surface area contributed by atoms with Gasteiger partial charge in [0.25, 0.3) is 0 Å². The topological polar surface area (TPSA) is 0 Å². The van der Waals surface area contributed by atoms with Crippen molar-refractivity contribution in [3.8, 4) is 0 Å². The Balaban J connectivity index is 2.24. The number of thiophene rings is 1. The van der Waals surface area contributed by atoms with Gasteiger partial charge in [-0.2, -0.15) is 0 Å². The molecule has 0 bridgehead atoms. The van der Waals surface area contributed by atoms with Crippen molar-refractivity contribution in [2.24, 2.45) is 0 Å². The molecule has 82 valence electrons. The molecular formula is C15H16S. The van der Waals surface area contributed by atoms with Crippen LogP contribution >= 0.6 is 11.3 Å². The summed E-state index contributed by atoms with van der Waals surface area (Å²) in [7, 11) is 0. The zero-order valence-corrected chi connectivity index (χ0v) is 10.7.